The van der Waals surface area contributed by atoms with Crippen LogP contribution in [0.15, 0.2) is 45.8 Å². The van der Waals surface area contributed by atoms with Crippen molar-refractivity contribution in [2.24, 2.45) is 0 Å². The Hall–Kier alpha value is -1.24. The lowest BCUT2D eigenvalue weighted by Gasteiger charge is -2.12. The first-order valence-corrected chi connectivity index (χ1v) is 8.85. The molecule has 0 aromatic heterocycles. The first-order chi connectivity index (χ1) is 9.83. The molecule has 0 aliphatic heterocycles. The molecular formula is C14H14BrClN2O2S. The summed E-state index contributed by atoms with van der Waals surface area (Å²) >= 11 is 9.18. The van der Waals surface area contributed by atoms with Crippen LogP contribution in [0.3, 0.4) is 0 Å². The number of nitrogen functional groups attached to an aromatic ring is 1. The van der Waals surface area contributed by atoms with Gasteiger partial charge in [0.2, 0.25) is 0 Å². The van der Waals surface area contributed by atoms with Crippen molar-refractivity contribution in [2.45, 2.75) is 18.2 Å². The van der Waals surface area contributed by atoms with Gasteiger partial charge in [0.1, 0.15) is 0 Å². The van der Waals surface area contributed by atoms with Crippen molar-refractivity contribution < 1.29 is 8.42 Å². The Bertz CT molecular complexity index is 779. The molecule has 2 aromatic rings. The Balaban J connectivity index is 2.39. The summed E-state index contributed by atoms with van der Waals surface area (Å²) in [7, 11) is -3.70. The molecule has 0 fully saturated rings. The van der Waals surface area contributed by atoms with E-state index in [1.807, 2.05) is 13.0 Å². The predicted molar refractivity (Wildman–Crippen MR) is 90.2 cm³/mol. The van der Waals surface area contributed by atoms with Gasteiger partial charge in [0.05, 0.1) is 21.3 Å². The van der Waals surface area contributed by atoms with E-state index in [0.717, 1.165) is 10.0 Å². The topological polar surface area (TPSA) is 72.2 Å². The summed E-state index contributed by atoms with van der Waals surface area (Å²) in [6.45, 7) is 1.96. The van der Waals surface area contributed by atoms with Crippen LogP contribution < -0.4 is 10.5 Å². The molecule has 7 heteroatoms. The van der Waals surface area contributed by atoms with Crippen molar-refractivity contribution in [3.8, 4) is 0 Å². The molecule has 3 N–H and O–H groups in total. The molecule has 2 rings (SSSR count). The number of nitrogens with one attached hydrogen (secondary N) is 1. The number of hydrogen-bond acceptors (Lipinski definition) is 3. The van der Waals surface area contributed by atoms with Crippen LogP contribution in [-0.2, 0) is 16.4 Å². The largest absolute Gasteiger partial charge is 0.397 e. The number of aryl methyl sites for hydroxylation is 1. The van der Waals surface area contributed by atoms with Crippen molar-refractivity contribution in [3.05, 3.63) is 51.5 Å². The molecule has 112 valence electrons. The first kappa shape index (κ1) is 16.1. The highest BCUT2D eigenvalue weighted by atomic mass is 79.9. The summed E-state index contributed by atoms with van der Waals surface area (Å²) < 4.78 is 28.3. The normalized spacial score (nSPS) is 11.4. The Morgan fingerprint density at radius 1 is 1.24 bits per heavy atom. The lowest BCUT2D eigenvalue weighted by Crippen LogP contribution is -2.14. The summed E-state index contributed by atoms with van der Waals surface area (Å²) in [6, 6.07) is 9.62. The molecule has 0 bridgehead atoms. The number of nitrogens with two attached hydrogens (primary N) is 1. The van der Waals surface area contributed by atoms with Crippen molar-refractivity contribution in [3.63, 3.8) is 0 Å². The molecule has 0 aliphatic rings. The minimum atomic E-state index is -3.70. The first-order valence-electron chi connectivity index (χ1n) is 6.19. The van der Waals surface area contributed by atoms with E-state index in [-0.39, 0.29) is 10.6 Å². The van der Waals surface area contributed by atoms with Crippen molar-refractivity contribution >= 4 is 48.9 Å². The van der Waals surface area contributed by atoms with Crippen LogP contribution in [0.2, 0.25) is 5.02 Å². The number of sulfonamides is 1. The Morgan fingerprint density at radius 2 is 1.95 bits per heavy atom. The second-order valence-electron chi connectivity index (χ2n) is 4.44. The fourth-order valence-corrected chi connectivity index (χ4v) is 3.51. The molecule has 0 radical (unpaired) electrons. The van der Waals surface area contributed by atoms with Gasteiger partial charge in [-0.15, -0.1) is 0 Å². The Morgan fingerprint density at radius 3 is 2.57 bits per heavy atom. The lowest BCUT2D eigenvalue weighted by atomic mass is 10.1. The summed E-state index contributed by atoms with van der Waals surface area (Å²) in [4.78, 5) is 0.0781. The lowest BCUT2D eigenvalue weighted by molar-refractivity contribution is 0.601. The van der Waals surface area contributed by atoms with E-state index >= 15 is 0 Å². The molecular weight excluding hydrogens is 376 g/mol. The molecule has 0 unspecified atom stereocenters. The molecule has 0 atom stereocenters. The molecule has 4 nitrogen and oxygen atoms in total. The van der Waals surface area contributed by atoms with E-state index in [4.69, 9.17) is 17.3 Å². The van der Waals surface area contributed by atoms with Crippen LogP contribution in [0.25, 0.3) is 0 Å². The van der Waals surface area contributed by atoms with Crippen molar-refractivity contribution in [2.75, 3.05) is 10.5 Å². The highest BCUT2D eigenvalue weighted by Gasteiger charge is 2.17. The molecule has 0 spiro atoms. The van der Waals surface area contributed by atoms with Crippen LogP contribution in [0.5, 0.6) is 0 Å². The summed E-state index contributed by atoms with van der Waals surface area (Å²) in [5, 5.41) is 0.326. The predicted octanol–water partition coefficient (Wildman–Crippen LogP) is 4.05. The van der Waals surface area contributed by atoms with Crippen molar-refractivity contribution in [1.82, 2.24) is 0 Å². The molecule has 0 heterocycles. The van der Waals surface area contributed by atoms with Crippen LogP contribution in [0.1, 0.15) is 12.5 Å². The van der Waals surface area contributed by atoms with Crippen LogP contribution in [0.4, 0.5) is 11.4 Å². The maximum absolute atomic E-state index is 12.4. The van der Waals surface area contributed by atoms with E-state index in [0.29, 0.717) is 17.1 Å². The molecule has 21 heavy (non-hydrogen) atoms. The fraction of sp³-hybridized carbons (Fsp3) is 0.143. The third kappa shape index (κ3) is 3.70. The molecule has 0 saturated heterocycles. The van der Waals surface area contributed by atoms with Crippen molar-refractivity contribution in [1.29, 1.82) is 0 Å². The van der Waals surface area contributed by atoms with Crippen LogP contribution in [-0.4, -0.2) is 8.42 Å². The second kappa shape index (κ2) is 6.25. The summed E-state index contributed by atoms with van der Waals surface area (Å²) in [5.41, 5.74) is 7.33. The zero-order chi connectivity index (χ0) is 15.6. The number of rotatable bonds is 4. The summed E-state index contributed by atoms with van der Waals surface area (Å²) in [6.07, 6.45) is 0.708. The summed E-state index contributed by atoms with van der Waals surface area (Å²) in [5.74, 6) is 0. The van der Waals surface area contributed by atoms with Gasteiger partial charge in [0, 0.05) is 4.47 Å². The number of hydrogen-bond donors (Lipinski definition) is 2. The highest BCUT2D eigenvalue weighted by molar-refractivity contribution is 9.10. The van der Waals surface area contributed by atoms with Crippen LogP contribution in [0, 0.1) is 0 Å². The fourth-order valence-electron chi connectivity index (χ4n) is 1.85. The van der Waals surface area contributed by atoms with Gasteiger partial charge in [-0.1, -0.05) is 34.5 Å². The number of halogens is 2. The molecule has 0 aliphatic carbocycles. The van der Waals surface area contributed by atoms with E-state index in [1.165, 1.54) is 18.2 Å². The second-order valence-corrected chi connectivity index (χ2v) is 7.45. The van der Waals surface area contributed by atoms with Gasteiger partial charge < -0.3 is 5.73 Å². The zero-order valence-corrected chi connectivity index (χ0v) is 14.4. The molecule has 2 aromatic carbocycles. The average molecular weight is 390 g/mol. The Labute approximate surface area is 137 Å². The van der Waals surface area contributed by atoms with Gasteiger partial charge in [-0.2, -0.15) is 0 Å². The van der Waals surface area contributed by atoms with Gasteiger partial charge >= 0.3 is 0 Å². The SMILES string of the molecule is CCc1cc(Br)ccc1NS(=O)(=O)c1ccc(Cl)c(N)c1. The van der Waals surface area contributed by atoms with E-state index in [2.05, 4.69) is 20.7 Å². The van der Waals surface area contributed by atoms with Gasteiger partial charge in [-0.3, -0.25) is 4.72 Å². The maximum Gasteiger partial charge on any atom is 0.261 e. The van der Waals surface area contributed by atoms with Gasteiger partial charge in [-0.25, -0.2) is 8.42 Å². The van der Waals surface area contributed by atoms with Gasteiger partial charge in [0.15, 0.2) is 0 Å². The van der Waals surface area contributed by atoms with Gasteiger partial charge in [-0.05, 0) is 48.4 Å². The minimum Gasteiger partial charge on any atom is -0.397 e. The van der Waals surface area contributed by atoms with E-state index in [9.17, 15) is 8.42 Å². The smallest absolute Gasteiger partial charge is 0.261 e. The quantitative estimate of drug-likeness (QED) is 0.775. The highest BCUT2D eigenvalue weighted by Crippen LogP contribution is 2.26. The zero-order valence-electron chi connectivity index (χ0n) is 11.2. The average Bonchev–Trinajstić information content (AvgIpc) is 2.43. The Kier molecular flexibility index (Phi) is 4.81. The number of anilines is 2. The van der Waals surface area contributed by atoms with Crippen LogP contribution >= 0.6 is 27.5 Å². The standard InChI is InChI=1S/C14H14BrClN2O2S/c1-2-9-7-10(15)3-6-14(9)18-21(19,20)11-4-5-12(16)13(17)8-11/h3-8,18H,2,17H2,1H3. The third-order valence-corrected chi connectivity index (χ3v) is 5.17. The maximum atomic E-state index is 12.4. The monoisotopic (exact) mass is 388 g/mol. The molecule has 0 saturated carbocycles. The third-order valence-electron chi connectivity index (χ3n) is 2.97. The van der Waals surface area contributed by atoms with Gasteiger partial charge in [0.25, 0.3) is 10.0 Å². The van der Waals surface area contributed by atoms with E-state index < -0.39 is 10.0 Å². The van der Waals surface area contributed by atoms with E-state index in [1.54, 1.807) is 12.1 Å². The molecule has 0 amide bonds. The minimum absolute atomic E-state index is 0.0781. The number of benzene rings is 2.